The fourth-order valence-electron chi connectivity index (χ4n) is 5.47. The van der Waals surface area contributed by atoms with Gasteiger partial charge in [-0.1, -0.05) is 12.1 Å². The zero-order valence-electron chi connectivity index (χ0n) is 20.8. The number of hydrogen-bond donors (Lipinski definition) is 2. The van der Waals surface area contributed by atoms with Crippen LogP contribution in [0.15, 0.2) is 30.3 Å². The van der Waals surface area contributed by atoms with E-state index in [4.69, 9.17) is 4.74 Å². The molecule has 10 heteroatoms. The van der Waals surface area contributed by atoms with E-state index in [0.29, 0.717) is 43.4 Å². The van der Waals surface area contributed by atoms with Gasteiger partial charge in [-0.25, -0.2) is 4.39 Å². The van der Waals surface area contributed by atoms with E-state index in [9.17, 15) is 23.9 Å². The fraction of sp³-hybridized carbons (Fsp3) is 0.481. The quantitative estimate of drug-likeness (QED) is 0.572. The summed E-state index contributed by atoms with van der Waals surface area (Å²) < 4.78 is 18.6. The van der Waals surface area contributed by atoms with Gasteiger partial charge >= 0.3 is 0 Å². The van der Waals surface area contributed by atoms with E-state index in [1.54, 1.807) is 23.1 Å². The van der Waals surface area contributed by atoms with Crippen molar-refractivity contribution in [2.45, 2.75) is 37.7 Å². The maximum Gasteiger partial charge on any atom is 0.290 e. The smallest absolute Gasteiger partial charge is 0.290 e. The second kappa shape index (κ2) is 10.5. The van der Waals surface area contributed by atoms with Crippen molar-refractivity contribution in [3.63, 3.8) is 0 Å². The lowest BCUT2D eigenvalue weighted by Gasteiger charge is -2.32. The largest absolute Gasteiger partial charge is 0.480 e. The number of hydrogen-bond acceptors (Lipinski definition) is 7. The summed E-state index contributed by atoms with van der Waals surface area (Å²) in [6, 6.07) is 8.17. The minimum absolute atomic E-state index is 0.152. The third-order valence-corrected chi connectivity index (χ3v) is 7.61. The van der Waals surface area contributed by atoms with E-state index in [2.05, 4.69) is 10.3 Å². The van der Waals surface area contributed by atoms with E-state index >= 15 is 0 Å². The highest BCUT2D eigenvalue weighted by atomic mass is 19.1. The Bertz CT molecular complexity index is 1200. The average Bonchev–Trinajstić information content (AvgIpc) is 3.54. The first-order valence-corrected chi connectivity index (χ1v) is 12.7. The van der Waals surface area contributed by atoms with Gasteiger partial charge < -0.3 is 25.0 Å². The minimum Gasteiger partial charge on any atom is -0.480 e. The van der Waals surface area contributed by atoms with Gasteiger partial charge in [-0.3, -0.25) is 14.4 Å². The molecule has 0 spiro atoms. The van der Waals surface area contributed by atoms with Gasteiger partial charge in [-0.05, 0) is 55.4 Å². The molecule has 5 rings (SSSR count). The molecule has 196 valence electrons. The molecule has 1 aromatic carbocycles. The van der Waals surface area contributed by atoms with Gasteiger partial charge in [0.15, 0.2) is 0 Å². The van der Waals surface area contributed by atoms with E-state index in [1.807, 2.05) is 0 Å². The van der Waals surface area contributed by atoms with Crippen LogP contribution in [0.3, 0.4) is 0 Å². The molecule has 3 aliphatic rings. The van der Waals surface area contributed by atoms with Crippen molar-refractivity contribution in [3.8, 4) is 5.88 Å². The zero-order chi connectivity index (χ0) is 26.1. The van der Waals surface area contributed by atoms with Crippen LogP contribution in [0.4, 0.5) is 10.2 Å². The van der Waals surface area contributed by atoms with Gasteiger partial charge in [0, 0.05) is 38.3 Å². The maximum atomic E-state index is 13.5. The molecule has 37 heavy (non-hydrogen) atoms. The van der Waals surface area contributed by atoms with Gasteiger partial charge in [-0.15, -0.1) is 0 Å². The number of likely N-dealkylation sites (tertiary alicyclic amines) is 2. The number of anilines is 1. The lowest BCUT2D eigenvalue weighted by atomic mass is 9.90. The number of ketones is 1. The van der Waals surface area contributed by atoms with Crippen molar-refractivity contribution in [2.24, 2.45) is 5.92 Å². The molecule has 2 N–H and O–H groups in total. The summed E-state index contributed by atoms with van der Waals surface area (Å²) >= 11 is 0. The number of carbonyl (C=O) groups excluding carboxylic acids is 3. The lowest BCUT2D eigenvalue weighted by Crippen LogP contribution is -2.39. The number of halogens is 1. The third kappa shape index (κ3) is 5.16. The molecule has 2 aromatic rings. The average molecular weight is 511 g/mol. The second-order valence-electron chi connectivity index (χ2n) is 10.0. The van der Waals surface area contributed by atoms with E-state index in [1.165, 1.54) is 24.1 Å². The Morgan fingerprint density at radius 3 is 2.46 bits per heavy atom. The van der Waals surface area contributed by atoms with Crippen molar-refractivity contribution < 1.29 is 28.6 Å². The third-order valence-electron chi connectivity index (χ3n) is 7.61. The van der Waals surface area contributed by atoms with Gasteiger partial charge in [-0.2, -0.15) is 4.98 Å². The fourth-order valence-corrected chi connectivity index (χ4v) is 5.47. The highest BCUT2D eigenvalue weighted by Crippen LogP contribution is 2.36. The van der Waals surface area contributed by atoms with Crippen LogP contribution in [-0.4, -0.2) is 83.4 Å². The molecule has 2 saturated heterocycles. The van der Waals surface area contributed by atoms with Gasteiger partial charge in [0.2, 0.25) is 11.7 Å². The van der Waals surface area contributed by atoms with Gasteiger partial charge in [0.1, 0.15) is 17.2 Å². The zero-order valence-corrected chi connectivity index (χ0v) is 20.8. The number of methoxy groups -OCH3 is 1. The van der Waals surface area contributed by atoms with Crippen molar-refractivity contribution in [2.75, 3.05) is 45.2 Å². The molecule has 1 aromatic heterocycles. The summed E-state index contributed by atoms with van der Waals surface area (Å²) in [4.78, 5) is 46.9. The highest BCUT2D eigenvalue weighted by molar-refractivity contribution is 6.38. The summed E-state index contributed by atoms with van der Waals surface area (Å²) in [6.07, 6.45) is 2.33. The molecule has 0 radical (unpaired) electrons. The standard InChI is InChI=1S/C27H31FN4O5/c1-37-25-21(26(35)31-9-6-17(7-10-31)12-16-2-4-18(28)5-3-16)13-20-22(14-29-24(20)30-25)23(34)27(36)32-11-8-19(33)15-32/h2-5,13,17,19,22,33H,6-12,14-15H2,1H3,(H,29,30)/t19-,22?/m1/s1. The molecule has 4 heterocycles. The summed E-state index contributed by atoms with van der Waals surface area (Å²) in [7, 11) is 1.44. The van der Waals surface area contributed by atoms with E-state index in [-0.39, 0.29) is 36.3 Å². The number of ether oxygens (including phenoxy) is 1. The number of rotatable bonds is 6. The minimum atomic E-state index is -0.758. The Labute approximate surface area is 214 Å². The van der Waals surface area contributed by atoms with Crippen LogP contribution in [0.1, 0.15) is 46.7 Å². The maximum absolute atomic E-state index is 13.5. The van der Waals surface area contributed by atoms with Gasteiger partial charge in [0.25, 0.3) is 11.8 Å². The topological polar surface area (TPSA) is 112 Å². The Hall–Kier alpha value is -3.53. The summed E-state index contributed by atoms with van der Waals surface area (Å²) in [6.45, 7) is 1.85. The number of nitrogens with zero attached hydrogens (tertiary/aromatic N) is 3. The normalized spacial score (nSPS) is 21.5. The number of aliphatic hydroxyl groups excluding tert-OH is 1. The molecule has 1 unspecified atom stereocenters. The first-order valence-electron chi connectivity index (χ1n) is 12.7. The number of Topliss-reactive ketones (excluding diaryl/α,β-unsaturated/α-hetero) is 1. The Balaban J connectivity index is 1.28. The summed E-state index contributed by atoms with van der Waals surface area (Å²) in [5.41, 5.74) is 1.86. The first-order chi connectivity index (χ1) is 17.8. The molecule has 0 saturated carbocycles. The SMILES string of the molecule is COc1nc2c(cc1C(=O)N1CCC(Cc3ccc(F)cc3)CC1)C(C(=O)C(=O)N1CC[C@@H](O)C1)CN2. The molecular weight excluding hydrogens is 479 g/mol. The van der Waals surface area contributed by atoms with Crippen LogP contribution in [-0.2, 0) is 16.0 Å². The van der Waals surface area contributed by atoms with Crippen molar-refractivity contribution in [1.29, 1.82) is 0 Å². The number of amides is 2. The summed E-state index contributed by atoms with van der Waals surface area (Å²) in [5.74, 6) is -1.43. The predicted molar refractivity (Wildman–Crippen MR) is 133 cm³/mol. The van der Waals surface area contributed by atoms with Crippen LogP contribution >= 0.6 is 0 Å². The molecule has 2 amide bonds. The number of β-amino-alcohol motifs (C(OH)–C–C–N with tert-alkyl or cyclic N) is 1. The van der Waals surface area contributed by atoms with Crippen molar-refractivity contribution in [3.05, 3.63) is 52.8 Å². The predicted octanol–water partition coefficient (Wildman–Crippen LogP) is 2.00. The molecule has 2 atom stereocenters. The highest BCUT2D eigenvalue weighted by Gasteiger charge is 2.39. The number of carbonyl (C=O) groups is 3. The number of aliphatic hydroxyl groups is 1. The number of pyridine rings is 1. The summed E-state index contributed by atoms with van der Waals surface area (Å²) in [5, 5.41) is 12.8. The number of nitrogens with one attached hydrogen (secondary N) is 1. The van der Waals surface area contributed by atoms with Crippen LogP contribution in [0.5, 0.6) is 5.88 Å². The van der Waals surface area contributed by atoms with E-state index in [0.717, 1.165) is 24.8 Å². The molecule has 0 bridgehead atoms. The van der Waals surface area contributed by atoms with Crippen LogP contribution in [0.25, 0.3) is 0 Å². The molecule has 3 aliphatic heterocycles. The van der Waals surface area contributed by atoms with Crippen molar-refractivity contribution in [1.82, 2.24) is 14.8 Å². The molecule has 0 aliphatic carbocycles. The van der Waals surface area contributed by atoms with Crippen LogP contribution in [0.2, 0.25) is 0 Å². The number of benzene rings is 1. The Morgan fingerprint density at radius 2 is 1.81 bits per heavy atom. The monoisotopic (exact) mass is 510 g/mol. The van der Waals surface area contributed by atoms with Crippen LogP contribution < -0.4 is 10.1 Å². The first kappa shape index (κ1) is 25.1. The van der Waals surface area contributed by atoms with E-state index < -0.39 is 23.7 Å². The number of fused-ring (bicyclic) bond motifs is 1. The Morgan fingerprint density at radius 1 is 1.11 bits per heavy atom. The lowest BCUT2D eigenvalue weighted by molar-refractivity contribution is -0.144. The van der Waals surface area contributed by atoms with Crippen LogP contribution in [0, 0.1) is 11.7 Å². The number of piperidine rings is 1. The molecule has 2 fully saturated rings. The second-order valence-corrected chi connectivity index (χ2v) is 10.0. The van der Waals surface area contributed by atoms with Gasteiger partial charge in [0.05, 0.1) is 19.1 Å². The van der Waals surface area contributed by atoms with Crippen molar-refractivity contribution >= 4 is 23.4 Å². The Kier molecular flexibility index (Phi) is 7.10. The molecule has 9 nitrogen and oxygen atoms in total. The number of aromatic nitrogens is 1. The molecular formula is C27H31FN4O5.